The molecule has 4 aromatic carbocycles. The van der Waals surface area contributed by atoms with Crippen LogP contribution in [0, 0.1) is 18.6 Å². The van der Waals surface area contributed by atoms with Gasteiger partial charge in [-0.15, -0.1) is 0 Å². The average molecular weight is 560 g/mol. The SMILES string of the molecule is Cc1ccc(NC(=O)Nc2cccc(C(F)(F)F)c2)cc1C(=O)c1ccc(Nc2ccc(F)cc2F)cc1Cl. The number of rotatable bonds is 6. The summed E-state index contributed by atoms with van der Waals surface area (Å²) in [5, 5.41) is 7.65. The molecule has 0 bridgehead atoms. The van der Waals surface area contributed by atoms with Crippen molar-refractivity contribution in [1.29, 1.82) is 0 Å². The third-order valence-corrected chi connectivity index (χ3v) is 5.92. The molecule has 0 spiro atoms. The fraction of sp³-hybridized carbons (Fsp3) is 0.0714. The third kappa shape index (κ3) is 6.71. The van der Waals surface area contributed by atoms with Gasteiger partial charge in [-0.05, 0) is 73.2 Å². The molecule has 0 aromatic heterocycles. The third-order valence-electron chi connectivity index (χ3n) is 5.61. The van der Waals surface area contributed by atoms with Crippen molar-refractivity contribution in [2.45, 2.75) is 13.1 Å². The second kappa shape index (κ2) is 11.1. The van der Waals surface area contributed by atoms with E-state index in [2.05, 4.69) is 16.0 Å². The molecular formula is C28H19ClF5N3O2. The van der Waals surface area contributed by atoms with E-state index >= 15 is 0 Å². The van der Waals surface area contributed by atoms with Gasteiger partial charge in [-0.25, -0.2) is 13.6 Å². The molecule has 0 aliphatic heterocycles. The minimum absolute atomic E-state index is 0.0181. The van der Waals surface area contributed by atoms with E-state index in [0.717, 1.165) is 24.3 Å². The molecule has 0 unspecified atom stereocenters. The maximum Gasteiger partial charge on any atom is 0.416 e. The number of carbonyl (C=O) groups excluding carboxylic acids is 2. The van der Waals surface area contributed by atoms with Crippen LogP contribution in [-0.2, 0) is 6.18 Å². The number of anilines is 4. The first-order valence-electron chi connectivity index (χ1n) is 11.3. The van der Waals surface area contributed by atoms with Crippen LogP contribution in [0.5, 0.6) is 0 Å². The lowest BCUT2D eigenvalue weighted by molar-refractivity contribution is -0.137. The zero-order valence-corrected chi connectivity index (χ0v) is 20.8. The maximum absolute atomic E-state index is 14.0. The Morgan fingerprint density at radius 1 is 0.769 bits per heavy atom. The Bertz CT molecular complexity index is 1570. The molecule has 4 rings (SSSR count). The molecule has 0 aliphatic rings. The molecule has 5 nitrogen and oxygen atoms in total. The summed E-state index contributed by atoms with van der Waals surface area (Å²) in [6.45, 7) is 1.68. The van der Waals surface area contributed by atoms with Crippen LogP contribution in [0.2, 0.25) is 5.02 Å². The van der Waals surface area contributed by atoms with Crippen molar-refractivity contribution in [2.75, 3.05) is 16.0 Å². The van der Waals surface area contributed by atoms with E-state index in [0.29, 0.717) is 11.3 Å². The molecular weight excluding hydrogens is 541 g/mol. The molecule has 4 aromatic rings. The lowest BCUT2D eigenvalue weighted by atomic mass is 9.98. The predicted octanol–water partition coefficient (Wildman–Crippen LogP) is 8.56. The van der Waals surface area contributed by atoms with Crippen LogP contribution in [0.15, 0.2) is 78.9 Å². The van der Waals surface area contributed by atoms with Gasteiger partial charge in [-0.3, -0.25) is 4.79 Å². The van der Waals surface area contributed by atoms with E-state index in [9.17, 15) is 31.5 Å². The molecule has 39 heavy (non-hydrogen) atoms. The van der Waals surface area contributed by atoms with E-state index in [1.54, 1.807) is 13.0 Å². The van der Waals surface area contributed by atoms with Crippen molar-refractivity contribution >= 4 is 46.2 Å². The number of hydrogen-bond acceptors (Lipinski definition) is 3. The Hall–Kier alpha value is -4.44. The van der Waals surface area contributed by atoms with Crippen LogP contribution in [0.25, 0.3) is 0 Å². The van der Waals surface area contributed by atoms with Crippen molar-refractivity contribution in [3.05, 3.63) is 118 Å². The van der Waals surface area contributed by atoms with Crippen molar-refractivity contribution in [2.24, 2.45) is 0 Å². The van der Waals surface area contributed by atoms with Gasteiger partial charge in [0.15, 0.2) is 5.78 Å². The summed E-state index contributed by atoms with van der Waals surface area (Å²) in [7, 11) is 0. The zero-order valence-electron chi connectivity index (χ0n) is 20.1. The van der Waals surface area contributed by atoms with Gasteiger partial charge in [-0.1, -0.05) is 23.7 Å². The van der Waals surface area contributed by atoms with Gasteiger partial charge in [0.05, 0.1) is 16.3 Å². The summed E-state index contributed by atoms with van der Waals surface area (Å²) < 4.78 is 65.9. The van der Waals surface area contributed by atoms with Crippen molar-refractivity contribution in [3.63, 3.8) is 0 Å². The van der Waals surface area contributed by atoms with Crippen molar-refractivity contribution in [1.82, 2.24) is 0 Å². The molecule has 0 atom stereocenters. The highest BCUT2D eigenvalue weighted by molar-refractivity contribution is 6.35. The van der Waals surface area contributed by atoms with E-state index in [1.807, 2.05) is 0 Å². The fourth-order valence-corrected chi connectivity index (χ4v) is 3.95. The van der Waals surface area contributed by atoms with E-state index < -0.39 is 35.2 Å². The topological polar surface area (TPSA) is 70.2 Å². The number of ketones is 1. The van der Waals surface area contributed by atoms with Gasteiger partial charge in [0.25, 0.3) is 0 Å². The Kier molecular flexibility index (Phi) is 7.87. The van der Waals surface area contributed by atoms with Gasteiger partial charge >= 0.3 is 12.2 Å². The number of aryl methyl sites for hydroxylation is 1. The van der Waals surface area contributed by atoms with Gasteiger partial charge in [0, 0.05) is 34.3 Å². The molecule has 0 heterocycles. The van der Waals surface area contributed by atoms with Crippen LogP contribution in [0.1, 0.15) is 27.0 Å². The first kappa shape index (κ1) is 27.6. The summed E-state index contributed by atoms with van der Waals surface area (Å²) >= 11 is 6.34. The summed E-state index contributed by atoms with van der Waals surface area (Å²) in [5.41, 5.74) is 0.556. The van der Waals surface area contributed by atoms with Crippen LogP contribution in [0.3, 0.4) is 0 Å². The Morgan fingerprint density at radius 3 is 2.13 bits per heavy atom. The average Bonchev–Trinajstić information content (AvgIpc) is 2.86. The molecule has 2 amide bonds. The van der Waals surface area contributed by atoms with Crippen molar-refractivity contribution in [3.8, 4) is 0 Å². The predicted molar refractivity (Wildman–Crippen MR) is 140 cm³/mol. The van der Waals surface area contributed by atoms with Gasteiger partial charge in [0.2, 0.25) is 0 Å². The summed E-state index contributed by atoms with van der Waals surface area (Å²) in [4.78, 5) is 25.7. The highest BCUT2D eigenvalue weighted by atomic mass is 35.5. The second-order valence-corrected chi connectivity index (χ2v) is 8.87. The number of alkyl halides is 3. The monoisotopic (exact) mass is 559 g/mol. The Labute approximate surface area is 224 Å². The fourth-order valence-electron chi connectivity index (χ4n) is 3.68. The summed E-state index contributed by atoms with van der Waals surface area (Å²) in [6, 6.07) is 15.3. The smallest absolute Gasteiger partial charge is 0.353 e. The first-order valence-corrected chi connectivity index (χ1v) is 11.7. The highest BCUT2D eigenvalue weighted by Crippen LogP contribution is 2.31. The highest BCUT2D eigenvalue weighted by Gasteiger charge is 2.30. The first-order chi connectivity index (χ1) is 18.4. The number of halogens is 6. The number of urea groups is 1. The molecule has 0 saturated carbocycles. The van der Waals surface area contributed by atoms with Crippen LogP contribution in [0.4, 0.5) is 49.5 Å². The number of benzene rings is 4. The summed E-state index contributed by atoms with van der Waals surface area (Å²) in [6.07, 6.45) is -4.56. The molecule has 0 fully saturated rings. The lowest BCUT2D eigenvalue weighted by Crippen LogP contribution is -2.20. The molecule has 11 heteroatoms. The summed E-state index contributed by atoms with van der Waals surface area (Å²) in [5.74, 6) is -1.99. The van der Waals surface area contributed by atoms with Crippen molar-refractivity contribution < 1.29 is 31.5 Å². The largest absolute Gasteiger partial charge is 0.416 e. The van der Waals surface area contributed by atoms with Gasteiger partial charge in [-0.2, -0.15) is 13.2 Å². The molecule has 0 aliphatic carbocycles. The quantitative estimate of drug-likeness (QED) is 0.164. The number of nitrogens with one attached hydrogen (secondary N) is 3. The second-order valence-electron chi connectivity index (χ2n) is 8.46. The van der Waals surface area contributed by atoms with Crippen LogP contribution < -0.4 is 16.0 Å². The van der Waals surface area contributed by atoms with Crippen LogP contribution >= 0.6 is 11.6 Å². The zero-order chi connectivity index (χ0) is 28.3. The number of hydrogen-bond donors (Lipinski definition) is 3. The molecule has 200 valence electrons. The van der Waals surface area contributed by atoms with Gasteiger partial charge < -0.3 is 16.0 Å². The van der Waals surface area contributed by atoms with E-state index in [-0.39, 0.29) is 33.2 Å². The van der Waals surface area contributed by atoms with Gasteiger partial charge in [0.1, 0.15) is 11.6 Å². The molecule has 3 N–H and O–H groups in total. The number of amides is 2. The normalized spacial score (nSPS) is 11.2. The Morgan fingerprint density at radius 2 is 1.46 bits per heavy atom. The maximum atomic E-state index is 14.0. The number of carbonyl (C=O) groups is 2. The van der Waals surface area contributed by atoms with E-state index in [4.69, 9.17) is 11.6 Å². The molecule has 0 saturated heterocycles. The molecule has 0 radical (unpaired) electrons. The minimum Gasteiger partial charge on any atom is -0.353 e. The standard InChI is InChI=1S/C28H19ClF5N3O2/c1-15-5-7-19(37-27(39)36-18-4-2-3-16(11-18)28(32,33)34)13-22(15)26(38)21-9-8-20(14-23(21)29)35-25-10-6-17(30)12-24(25)31/h2-14,35H,1H3,(H2,36,37,39). The van der Waals surface area contributed by atoms with E-state index in [1.165, 1.54) is 48.5 Å². The van der Waals surface area contributed by atoms with Crippen LogP contribution in [-0.4, -0.2) is 11.8 Å². The Balaban J connectivity index is 1.50. The lowest BCUT2D eigenvalue weighted by Gasteiger charge is -2.13. The minimum atomic E-state index is -4.56.